The van der Waals surface area contributed by atoms with Crippen molar-refractivity contribution in [3.05, 3.63) is 29.6 Å². The highest BCUT2D eigenvalue weighted by atomic mass is 19.2. The predicted octanol–water partition coefficient (Wildman–Crippen LogP) is 2.73. The standard InChI is InChI=1S/C11H11F3N2O/c12-7-5-8(13)10(14)9(6-7)15-11(17)16-3-1-2-4-16/h5-6H,1-4H2,(H,15,17). The lowest BCUT2D eigenvalue weighted by Gasteiger charge is -2.16. The van der Waals surface area contributed by atoms with E-state index in [4.69, 9.17) is 0 Å². The van der Waals surface area contributed by atoms with Crippen LogP contribution in [0.5, 0.6) is 0 Å². The van der Waals surface area contributed by atoms with Crippen LogP contribution in [0.15, 0.2) is 12.1 Å². The van der Waals surface area contributed by atoms with Crippen molar-refractivity contribution in [1.82, 2.24) is 4.90 Å². The molecule has 1 heterocycles. The number of amides is 2. The highest BCUT2D eigenvalue weighted by Gasteiger charge is 2.20. The first-order valence-electron chi connectivity index (χ1n) is 5.28. The molecule has 0 spiro atoms. The van der Waals surface area contributed by atoms with Crippen LogP contribution >= 0.6 is 0 Å². The minimum atomic E-state index is -1.32. The third-order valence-corrected chi connectivity index (χ3v) is 2.63. The van der Waals surface area contributed by atoms with Crippen molar-refractivity contribution in [3.63, 3.8) is 0 Å². The van der Waals surface area contributed by atoms with E-state index in [2.05, 4.69) is 5.32 Å². The molecule has 0 unspecified atom stereocenters. The number of hydrogen-bond acceptors (Lipinski definition) is 1. The van der Waals surface area contributed by atoms with Gasteiger partial charge in [0, 0.05) is 25.2 Å². The van der Waals surface area contributed by atoms with Crippen molar-refractivity contribution in [2.24, 2.45) is 0 Å². The van der Waals surface area contributed by atoms with Gasteiger partial charge in [-0.1, -0.05) is 0 Å². The Morgan fingerprint density at radius 3 is 2.47 bits per heavy atom. The van der Waals surface area contributed by atoms with Crippen molar-refractivity contribution in [2.45, 2.75) is 12.8 Å². The molecule has 0 saturated carbocycles. The van der Waals surface area contributed by atoms with E-state index in [1.807, 2.05) is 0 Å². The summed E-state index contributed by atoms with van der Waals surface area (Å²) in [6, 6.07) is 0.652. The molecule has 0 bridgehead atoms. The second-order valence-electron chi connectivity index (χ2n) is 3.87. The molecule has 1 saturated heterocycles. The average molecular weight is 244 g/mol. The predicted molar refractivity (Wildman–Crippen MR) is 56.1 cm³/mol. The summed E-state index contributed by atoms with van der Waals surface area (Å²) >= 11 is 0. The van der Waals surface area contributed by atoms with E-state index in [-0.39, 0.29) is 0 Å². The fourth-order valence-corrected chi connectivity index (χ4v) is 1.76. The van der Waals surface area contributed by atoms with Crippen LogP contribution in [-0.4, -0.2) is 24.0 Å². The molecule has 1 aliphatic heterocycles. The number of rotatable bonds is 1. The number of benzene rings is 1. The van der Waals surface area contributed by atoms with E-state index >= 15 is 0 Å². The normalized spacial score (nSPS) is 15.1. The lowest BCUT2D eigenvalue weighted by Crippen LogP contribution is -2.32. The Balaban J connectivity index is 2.15. The van der Waals surface area contributed by atoms with Gasteiger partial charge in [0.05, 0.1) is 5.69 Å². The summed E-state index contributed by atoms with van der Waals surface area (Å²) in [7, 11) is 0. The maximum Gasteiger partial charge on any atom is 0.321 e. The number of hydrogen-bond donors (Lipinski definition) is 1. The first-order valence-corrected chi connectivity index (χ1v) is 5.28. The molecule has 0 aliphatic carbocycles. The second-order valence-corrected chi connectivity index (χ2v) is 3.87. The van der Waals surface area contributed by atoms with Gasteiger partial charge in [0.2, 0.25) is 0 Å². The van der Waals surface area contributed by atoms with Crippen LogP contribution in [0.3, 0.4) is 0 Å². The zero-order valence-electron chi connectivity index (χ0n) is 8.97. The Morgan fingerprint density at radius 2 is 1.82 bits per heavy atom. The van der Waals surface area contributed by atoms with Crippen LogP contribution in [0.1, 0.15) is 12.8 Å². The highest BCUT2D eigenvalue weighted by Crippen LogP contribution is 2.20. The zero-order valence-corrected chi connectivity index (χ0v) is 8.97. The molecule has 3 nitrogen and oxygen atoms in total. The third-order valence-electron chi connectivity index (χ3n) is 2.63. The summed E-state index contributed by atoms with van der Waals surface area (Å²) < 4.78 is 39.0. The zero-order chi connectivity index (χ0) is 12.4. The summed E-state index contributed by atoms with van der Waals surface area (Å²) in [6.45, 7) is 1.15. The van der Waals surface area contributed by atoms with Gasteiger partial charge in [-0.2, -0.15) is 0 Å². The Kier molecular flexibility index (Phi) is 3.21. The number of likely N-dealkylation sites (tertiary alicyclic amines) is 1. The van der Waals surface area contributed by atoms with E-state index in [9.17, 15) is 18.0 Å². The first-order chi connectivity index (χ1) is 8.08. The fraction of sp³-hybridized carbons (Fsp3) is 0.364. The molecule has 0 radical (unpaired) electrons. The van der Waals surface area contributed by atoms with Crippen LogP contribution in [0, 0.1) is 17.5 Å². The summed E-state index contributed by atoms with van der Waals surface area (Å²) in [5.41, 5.74) is -0.473. The molecule has 6 heteroatoms. The number of carbonyl (C=O) groups excluding carboxylic acids is 1. The summed E-state index contributed by atoms with van der Waals surface area (Å²) in [5, 5.41) is 2.17. The van der Waals surface area contributed by atoms with Gasteiger partial charge in [-0.3, -0.25) is 0 Å². The minimum absolute atomic E-state index is 0.431. The molecule has 1 aromatic carbocycles. The van der Waals surface area contributed by atoms with Gasteiger partial charge >= 0.3 is 6.03 Å². The SMILES string of the molecule is O=C(Nc1cc(F)cc(F)c1F)N1CCCC1. The number of nitrogens with zero attached hydrogens (tertiary/aromatic N) is 1. The number of urea groups is 1. The van der Waals surface area contributed by atoms with E-state index in [1.54, 1.807) is 0 Å². The lowest BCUT2D eigenvalue weighted by molar-refractivity contribution is 0.222. The Labute approximate surface area is 96.2 Å². The molecule has 0 atom stereocenters. The van der Waals surface area contributed by atoms with Crippen molar-refractivity contribution in [3.8, 4) is 0 Å². The molecule has 1 aliphatic rings. The molecular weight excluding hydrogens is 233 g/mol. The topological polar surface area (TPSA) is 32.3 Å². The van der Waals surface area contributed by atoms with Crippen molar-refractivity contribution < 1.29 is 18.0 Å². The van der Waals surface area contributed by atoms with E-state index in [0.29, 0.717) is 19.2 Å². The summed E-state index contributed by atoms with van der Waals surface area (Å²) in [6.07, 6.45) is 1.76. The van der Waals surface area contributed by atoms with Gasteiger partial charge in [0.1, 0.15) is 5.82 Å². The van der Waals surface area contributed by atoms with Gasteiger partial charge in [-0.25, -0.2) is 18.0 Å². The summed E-state index contributed by atoms with van der Waals surface area (Å²) in [4.78, 5) is 13.1. The Bertz CT molecular complexity index is 445. The van der Waals surface area contributed by atoms with Gasteiger partial charge < -0.3 is 10.2 Å². The van der Waals surface area contributed by atoms with Gasteiger partial charge in [0.25, 0.3) is 0 Å². The average Bonchev–Trinajstić information content (AvgIpc) is 2.78. The van der Waals surface area contributed by atoms with Crippen LogP contribution < -0.4 is 5.32 Å². The fourth-order valence-electron chi connectivity index (χ4n) is 1.76. The van der Waals surface area contributed by atoms with Crippen LogP contribution in [0.4, 0.5) is 23.7 Å². The number of carbonyl (C=O) groups is 1. The molecular formula is C11H11F3N2O. The smallest absolute Gasteiger partial charge is 0.321 e. The van der Waals surface area contributed by atoms with Gasteiger partial charge in [-0.15, -0.1) is 0 Å². The molecule has 1 fully saturated rings. The highest BCUT2D eigenvalue weighted by molar-refractivity contribution is 5.89. The first kappa shape index (κ1) is 11.8. The third kappa shape index (κ3) is 2.51. The molecule has 2 rings (SSSR count). The largest absolute Gasteiger partial charge is 0.325 e. The van der Waals surface area contributed by atoms with Crippen LogP contribution in [0.2, 0.25) is 0 Å². The molecule has 1 aromatic rings. The number of halogens is 3. The lowest BCUT2D eigenvalue weighted by atomic mass is 10.3. The number of nitrogens with one attached hydrogen (secondary N) is 1. The van der Waals surface area contributed by atoms with Crippen molar-refractivity contribution in [2.75, 3.05) is 18.4 Å². The maximum atomic E-state index is 13.3. The Morgan fingerprint density at radius 1 is 1.18 bits per heavy atom. The van der Waals surface area contributed by atoms with Crippen molar-refractivity contribution in [1.29, 1.82) is 0 Å². The second kappa shape index (κ2) is 4.65. The Hall–Kier alpha value is -1.72. The van der Waals surface area contributed by atoms with Crippen molar-refractivity contribution >= 4 is 11.7 Å². The van der Waals surface area contributed by atoms with E-state index in [1.165, 1.54) is 4.90 Å². The minimum Gasteiger partial charge on any atom is -0.325 e. The van der Waals surface area contributed by atoms with Gasteiger partial charge in [-0.05, 0) is 12.8 Å². The van der Waals surface area contributed by atoms with Crippen LogP contribution in [-0.2, 0) is 0 Å². The summed E-state index contributed by atoms with van der Waals surface area (Å²) in [5.74, 6) is -3.50. The molecule has 0 aromatic heterocycles. The molecule has 1 N–H and O–H groups in total. The number of anilines is 1. The molecule has 2 amide bonds. The van der Waals surface area contributed by atoms with E-state index < -0.39 is 29.2 Å². The monoisotopic (exact) mass is 244 g/mol. The molecule has 17 heavy (non-hydrogen) atoms. The quantitative estimate of drug-likeness (QED) is 0.757. The maximum absolute atomic E-state index is 13.3. The van der Waals surface area contributed by atoms with Gasteiger partial charge in [0.15, 0.2) is 11.6 Å². The molecule has 92 valence electrons. The van der Waals surface area contributed by atoms with Crippen LogP contribution in [0.25, 0.3) is 0 Å². The van der Waals surface area contributed by atoms with E-state index in [0.717, 1.165) is 18.9 Å².